The number of aromatic nitrogens is 1. The second kappa shape index (κ2) is 7.31. The van der Waals surface area contributed by atoms with E-state index in [1.54, 1.807) is 19.2 Å². The summed E-state index contributed by atoms with van der Waals surface area (Å²) in [6.45, 7) is 5.23. The van der Waals surface area contributed by atoms with Crippen LogP contribution >= 0.6 is 11.3 Å². The molecule has 126 valence electrons. The summed E-state index contributed by atoms with van der Waals surface area (Å²) in [6.07, 6.45) is 0. The van der Waals surface area contributed by atoms with Crippen LogP contribution in [0.2, 0.25) is 0 Å². The predicted molar refractivity (Wildman–Crippen MR) is 96.8 cm³/mol. The van der Waals surface area contributed by atoms with Crippen molar-refractivity contribution in [3.8, 4) is 5.75 Å². The summed E-state index contributed by atoms with van der Waals surface area (Å²) in [5.41, 5.74) is 0.905. The number of aryl methyl sites for hydroxylation is 1. The third kappa shape index (κ3) is 4.13. The molecule has 1 aromatic carbocycles. The first-order chi connectivity index (χ1) is 11.5. The van der Waals surface area contributed by atoms with Gasteiger partial charge in [0.05, 0.1) is 21.8 Å². The Morgan fingerprint density at radius 3 is 2.75 bits per heavy atom. The number of amides is 1. The van der Waals surface area contributed by atoms with Gasteiger partial charge in [-0.25, -0.2) is 4.98 Å². The van der Waals surface area contributed by atoms with Crippen LogP contribution in [0.1, 0.15) is 5.01 Å². The van der Waals surface area contributed by atoms with Gasteiger partial charge in [-0.2, -0.15) is 0 Å². The topological polar surface area (TPSA) is 62.7 Å². The van der Waals surface area contributed by atoms with E-state index in [4.69, 9.17) is 4.74 Å². The summed E-state index contributed by atoms with van der Waals surface area (Å²) >= 11 is 1.64. The van der Waals surface area contributed by atoms with Crippen molar-refractivity contribution in [2.45, 2.75) is 6.92 Å². The number of hydrogen-bond acceptors (Lipinski definition) is 6. The number of Topliss-reactive ketones (excluding diaryl/α,β-unsaturated/α-hetero) is 1. The van der Waals surface area contributed by atoms with Gasteiger partial charge in [-0.15, -0.1) is 11.3 Å². The minimum absolute atomic E-state index is 0.0424. The first kappa shape index (κ1) is 16.9. The van der Waals surface area contributed by atoms with E-state index >= 15 is 0 Å². The van der Waals surface area contributed by atoms with Gasteiger partial charge in [0.25, 0.3) is 0 Å². The third-order valence-corrected chi connectivity index (χ3v) is 5.04. The molecule has 0 spiro atoms. The average Bonchev–Trinajstić information content (AvgIpc) is 2.92. The van der Waals surface area contributed by atoms with Gasteiger partial charge in [0, 0.05) is 32.2 Å². The minimum Gasteiger partial charge on any atom is -0.486 e. The number of ketones is 1. The van der Waals surface area contributed by atoms with E-state index in [2.05, 4.69) is 9.88 Å². The molecule has 1 fully saturated rings. The Kier molecular flexibility index (Phi) is 5.16. The average molecular weight is 345 g/mol. The van der Waals surface area contributed by atoms with E-state index in [0.29, 0.717) is 25.4 Å². The number of piperazine rings is 1. The Morgan fingerprint density at radius 1 is 1.29 bits per heavy atom. The van der Waals surface area contributed by atoms with E-state index in [1.165, 1.54) is 0 Å². The van der Waals surface area contributed by atoms with Gasteiger partial charge in [-0.1, -0.05) is 0 Å². The lowest BCUT2D eigenvalue weighted by Gasteiger charge is -2.33. The van der Waals surface area contributed by atoms with Gasteiger partial charge in [0.2, 0.25) is 7.85 Å². The van der Waals surface area contributed by atoms with Gasteiger partial charge in [0.15, 0.2) is 11.6 Å². The van der Waals surface area contributed by atoms with Gasteiger partial charge in [0.1, 0.15) is 12.4 Å². The summed E-state index contributed by atoms with van der Waals surface area (Å²) in [7, 11) is 1.58. The third-order valence-electron chi connectivity index (χ3n) is 4.08. The molecule has 0 saturated carbocycles. The highest BCUT2D eigenvalue weighted by atomic mass is 32.1. The van der Waals surface area contributed by atoms with E-state index < -0.39 is 0 Å². The minimum atomic E-state index is 0.0424. The van der Waals surface area contributed by atoms with Crippen LogP contribution in [0, 0.1) is 6.92 Å². The summed E-state index contributed by atoms with van der Waals surface area (Å²) in [6, 6.07) is 5.72. The smallest absolute Gasteiger partial charge is 0.215 e. The molecule has 1 saturated heterocycles. The van der Waals surface area contributed by atoms with E-state index in [1.807, 2.05) is 30.0 Å². The lowest BCUT2D eigenvalue weighted by atomic mass is 10.1. The number of hydrogen-bond donors (Lipinski definition) is 0. The number of thiazole rings is 1. The van der Waals surface area contributed by atoms with Gasteiger partial charge in [-0.3, -0.25) is 14.5 Å². The molecular weight excluding hydrogens is 325 g/mol. The summed E-state index contributed by atoms with van der Waals surface area (Å²) in [5, 5.41) is 1.02. The molecule has 0 N–H and O–H groups in total. The maximum Gasteiger partial charge on any atom is 0.215 e. The van der Waals surface area contributed by atoms with Gasteiger partial charge < -0.3 is 9.64 Å². The molecule has 1 amide bonds. The maximum absolute atomic E-state index is 12.1. The lowest BCUT2D eigenvalue weighted by molar-refractivity contribution is -0.122. The highest BCUT2D eigenvalue weighted by molar-refractivity contribution is 7.18. The molecule has 2 heterocycles. The molecule has 3 rings (SSSR count). The number of carbonyl (C=O) groups excluding carboxylic acids is 2. The Labute approximate surface area is 145 Å². The molecule has 0 bridgehead atoms. The SMILES string of the molecule is BC(=O)N1CCN(CC(=O)COc2ccc3sc(C)nc3c2)CC1. The number of nitrogens with zero attached hydrogens (tertiary/aromatic N) is 3. The summed E-state index contributed by atoms with van der Waals surface area (Å²) in [5.74, 6) is 0.806. The van der Waals surface area contributed by atoms with E-state index in [0.717, 1.165) is 28.3 Å². The molecule has 0 unspecified atom stereocenters. The highest BCUT2D eigenvalue weighted by Crippen LogP contribution is 2.25. The van der Waals surface area contributed by atoms with E-state index in [9.17, 15) is 9.59 Å². The first-order valence-corrected chi connectivity index (χ1v) is 8.82. The fraction of sp³-hybridized carbons (Fsp3) is 0.438. The lowest BCUT2D eigenvalue weighted by Crippen LogP contribution is -2.50. The van der Waals surface area contributed by atoms with Crippen LogP contribution in [0.3, 0.4) is 0 Å². The van der Waals surface area contributed by atoms with Crippen LogP contribution in [-0.4, -0.2) is 73.6 Å². The van der Waals surface area contributed by atoms with Gasteiger partial charge in [-0.05, 0) is 19.1 Å². The zero-order chi connectivity index (χ0) is 17.1. The van der Waals surface area contributed by atoms with E-state index in [-0.39, 0.29) is 18.2 Å². The molecular formula is C16H20BN3O3S. The van der Waals surface area contributed by atoms with Crippen LogP contribution in [0.25, 0.3) is 10.2 Å². The fourth-order valence-corrected chi connectivity index (χ4v) is 3.60. The van der Waals surface area contributed by atoms with Gasteiger partial charge >= 0.3 is 0 Å². The number of fused-ring (bicyclic) bond motifs is 1. The zero-order valence-electron chi connectivity index (χ0n) is 13.9. The van der Waals surface area contributed by atoms with Crippen molar-refractivity contribution in [3.63, 3.8) is 0 Å². The van der Waals surface area contributed by atoms with Crippen molar-refractivity contribution >= 4 is 41.0 Å². The Balaban J connectivity index is 1.47. The zero-order valence-corrected chi connectivity index (χ0v) is 14.8. The summed E-state index contributed by atoms with van der Waals surface area (Å²) < 4.78 is 6.73. The Morgan fingerprint density at radius 2 is 2.04 bits per heavy atom. The molecule has 0 radical (unpaired) electrons. The monoisotopic (exact) mass is 345 g/mol. The quantitative estimate of drug-likeness (QED) is 0.755. The highest BCUT2D eigenvalue weighted by Gasteiger charge is 2.20. The van der Waals surface area contributed by atoms with Crippen LogP contribution < -0.4 is 4.74 Å². The van der Waals surface area contributed by atoms with Crippen LogP contribution in [0.5, 0.6) is 5.75 Å². The Hall–Kier alpha value is -1.93. The van der Waals surface area contributed by atoms with Crippen molar-refractivity contribution in [1.29, 1.82) is 0 Å². The van der Waals surface area contributed by atoms with Crippen LogP contribution in [0.15, 0.2) is 18.2 Å². The van der Waals surface area contributed by atoms with Crippen LogP contribution in [0.4, 0.5) is 4.79 Å². The van der Waals surface area contributed by atoms with Crippen molar-refractivity contribution < 1.29 is 14.3 Å². The van der Waals surface area contributed by atoms with Crippen molar-refractivity contribution in [2.75, 3.05) is 39.3 Å². The van der Waals surface area contributed by atoms with Crippen molar-refractivity contribution in [3.05, 3.63) is 23.2 Å². The molecule has 24 heavy (non-hydrogen) atoms. The molecule has 2 aromatic rings. The van der Waals surface area contributed by atoms with Crippen LogP contribution in [-0.2, 0) is 4.79 Å². The number of ether oxygens (including phenoxy) is 1. The largest absolute Gasteiger partial charge is 0.486 e. The summed E-state index contributed by atoms with van der Waals surface area (Å²) in [4.78, 5) is 31.7. The molecule has 6 nitrogen and oxygen atoms in total. The maximum atomic E-state index is 12.1. The number of benzene rings is 1. The fourth-order valence-electron chi connectivity index (χ4n) is 2.79. The molecule has 1 aliphatic rings. The Bertz CT molecular complexity index is 756. The molecule has 0 atom stereocenters. The number of rotatable bonds is 5. The van der Waals surface area contributed by atoms with Crippen molar-refractivity contribution in [1.82, 2.24) is 14.8 Å². The molecule has 8 heteroatoms. The second-order valence-corrected chi connectivity index (χ2v) is 7.21. The second-order valence-electron chi connectivity index (χ2n) is 5.97. The first-order valence-electron chi connectivity index (χ1n) is 8.01. The molecule has 1 aromatic heterocycles. The molecule has 0 aliphatic carbocycles. The van der Waals surface area contributed by atoms with Crippen molar-refractivity contribution in [2.24, 2.45) is 0 Å². The molecule has 1 aliphatic heterocycles. The normalized spacial score (nSPS) is 15.6. The standard InChI is InChI=1S/C16H20BN3O3S/c1-11-18-14-8-13(2-3-15(14)24-11)23-10-12(21)9-19-4-6-20(7-5-19)16(17)22/h2-3,8H,4-7,9-10,17H2,1H3. The predicted octanol–water partition coefficient (Wildman–Crippen LogP) is 0.923. The number of carbonyl (C=O) groups is 2.